The van der Waals surface area contributed by atoms with Crippen molar-refractivity contribution in [3.8, 4) is 0 Å². The molecule has 58 valence electrons. The van der Waals surface area contributed by atoms with Crippen LogP contribution in [0.4, 0.5) is 0 Å². The number of carbonyl (C=O) groups is 2. The predicted octanol–water partition coefficient (Wildman–Crippen LogP) is 0.488. The molecule has 0 aromatic carbocycles. The monoisotopic (exact) mass is 151 g/mol. The summed E-state index contributed by atoms with van der Waals surface area (Å²) in [6.45, 7) is 3.78. The molecule has 0 atom stereocenters. The smallest absolute Gasteiger partial charge is 0.253 e. The lowest BCUT2D eigenvalue weighted by Crippen LogP contribution is -2.36. The van der Waals surface area contributed by atoms with Crippen LogP contribution in [0.15, 0.2) is 24.8 Å². The lowest BCUT2D eigenvalue weighted by Gasteiger charge is -2.19. The van der Waals surface area contributed by atoms with Crippen molar-refractivity contribution in [3.05, 3.63) is 24.8 Å². The molecule has 3 nitrogen and oxygen atoms in total. The third-order valence-corrected chi connectivity index (χ3v) is 1.49. The molecule has 0 bridgehead atoms. The number of rotatable bonds is 1. The van der Waals surface area contributed by atoms with Crippen molar-refractivity contribution in [1.82, 2.24) is 4.90 Å². The molecule has 0 aliphatic carbocycles. The third kappa shape index (κ3) is 1.55. The van der Waals surface area contributed by atoms with E-state index in [9.17, 15) is 9.59 Å². The molecular formula is C8H9NO2. The Hall–Kier alpha value is -1.38. The molecule has 0 spiro atoms. The Labute approximate surface area is 65.0 Å². The summed E-state index contributed by atoms with van der Waals surface area (Å²) < 4.78 is 0. The Balaban J connectivity index is 2.72. The van der Waals surface area contributed by atoms with Gasteiger partial charge in [0, 0.05) is 6.54 Å². The molecule has 3 heteroatoms. The first-order chi connectivity index (χ1) is 5.25. The van der Waals surface area contributed by atoms with Gasteiger partial charge in [-0.05, 0) is 18.6 Å². The molecule has 1 aliphatic heterocycles. The Kier molecular flexibility index (Phi) is 2.21. The van der Waals surface area contributed by atoms with Gasteiger partial charge in [-0.2, -0.15) is 0 Å². The highest BCUT2D eigenvalue weighted by molar-refractivity contribution is 6.05. The first-order valence-electron chi connectivity index (χ1n) is 3.40. The third-order valence-electron chi connectivity index (χ3n) is 1.49. The van der Waals surface area contributed by atoms with Crippen LogP contribution in [0.25, 0.3) is 0 Å². The number of amides is 2. The van der Waals surface area contributed by atoms with E-state index < -0.39 is 0 Å². The van der Waals surface area contributed by atoms with Crippen molar-refractivity contribution in [2.45, 2.75) is 6.42 Å². The Bertz CT molecular complexity index is 230. The summed E-state index contributed by atoms with van der Waals surface area (Å²) in [5.74, 6) is -0.569. The van der Waals surface area contributed by atoms with Crippen molar-refractivity contribution in [2.24, 2.45) is 0 Å². The molecule has 0 saturated carbocycles. The zero-order valence-electron chi connectivity index (χ0n) is 6.12. The van der Waals surface area contributed by atoms with Crippen molar-refractivity contribution in [3.63, 3.8) is 0 Å². The molecule has 11 heavy (non-hydrogen) atoms. The average Bonchev–Trinajstić information content (AvgIpc) is 2.04. The van der Waals surface area contributed by atoms with Gasteiger partial charge in [0.25, 0.3) is 11.8 Å². The molecule has 1 heterocycles. The topological polar surface area (TPSA) is 37.4 Å². The SMILES string of the molecule is C=CC(=O)N1CCC=CC1=O. The summed E-state index contributed by atoms with van der Waals surface area (Å²) in [5, 5.41) is 0. The van der Waals surface area contributed by atoms with Crippen molar-refractivity contribution >= 4 is 11.8 Å². The van der Waals surface area contributed by atoms with E-state index in [1.807, 2.05) is 0 Å². The average molecular weight is 151 g/mol. The van der Waals surface area contributed by atoms with Gasteiger partial charge < -0.3 is 0 Å². The largest absolute Gasteiger partial charge is 0.275 e. The number of imide groups is 1. The molecule has 2 amide bonds. The number of hydrogen-bond donors (Lipinski definition) is 0. The van der Waals surface area contributed by atoms with Gasteiger partial charge in [-0.25, -0.2) is 0 Å². The number of hydrogen-bond acceptors (Lipinski definition) is 2. The number of nitrogens with zero attached hydrogens (tertiary/aromatic N) is 1. The maximum atomic E-state index is 11.0. The van der Waals surface area contributed by atoms with Gasteiger partial charge in [-0.3, -0.25) is 14.5 Å². The minimum absolute atomic E-state index is 0.249. The van der Waals surface area contributed by atoms with Crippen LogP contribution in [0.1, 0.15) is 6.42 Å². The lowest BCUT2D eigenvalue weighted by molar-refractivity contribution is -0.139. The molecule has 1 rings (SSSR count). The molecule has 0 fully saturated rings. The second-order valence-electron chi connectivity index (χ2n) is 2.22. The molecule has 0 aromatic heterocycles. The fraction of sp³-hybridized carbons (Fsp3) is 0.250. The van der Waals surface area contributed by atoms with Crippen LogP contribution < -0.4 is 0 Å². The predicted molar refractivity (Wildman–Crippen MR) is 40.7 cm³/mol. The standard InChI is InChI=1S/C8H9NO2/c1-2-7(10)9-6-4-3-5-8(9)11/h2-3,5H,1,4,6H2. The van der Waals surface area contributed by atoms with Crippen LogP contribution in [-0.4, -0.2) is 23.3 Å². The second kappa shape index (κ2) is 3.14. The van der Waals surface area contributed by atoms with Gasteiger partial charge in [0.05, 0.1) is 0 Å². The number of carbonyl (C=O) groups excluding carboxylic acids is 2. The van der Waals surface area contributed by atoms with Crippen LogP contribution in [0.2, 0.25) is 0 Å². The fourth-order valence-corrected chi connectivity index (χ4v) is 0.917. The Morgan fingerprint density at radius 2 is 2.45 bits per heavy atom. The van der Waals surface area contributed by atoms with Crippen LogP contribution in [0, 0.1) is 0 Å². The molecule has 0 unspecified atom stereocenters. The molecule has 0 aromatic rings. The summed E-state index contributed by atoms with van der Waals surface area (Å²) in [5.41, 5.74) is 0. The van der Waals surface area contributed by atoms with Crippen LogP contribution in [0.3, 0.4) is 0 Å². The molecule has 0 radical (unpaired) electrons. The summed E-state index contributed by atoms with van der Waals surface area (Å²) >= 11 is 0. The summed E-state index contributed by atoms with van der Waals surface area (Å²) in [6, 6.07) is 0. The van der Waals surface area contributed by atoms with Crippen LogP contribution in [0.5, 0.6) is 0 Å². The van der Waals surface area contributed by atoms with Gasteiger partial charge in [-0.1, -0.05) is 12.7 Å². The van der Waals surface area contributed by atoms with Crippen molar-refractivity contribution in [1.29, 1.82) is 0 Å². The molecule has 0 saturated heterocycles. The highest BCUT2D eigenvalue weighted by Crippen LogP contribution is 2.02. The quantitative estimate of drug-likeness (QED) is 0.511. The van der Waals surface area contributed by atoms with E-state index in [2.05, 4.69) is 6.58 Å². The Morgan fingerprint density at radius 3 is 3.00 bits per heavy atom. The van der Waals surface area contributed by atoms with Crippen LogP contribution in [-0.2, 0) is 9.59 Å². The zero-order valence-corrected chi connectivity index (χ0v) is 6.12. The van der Waals surface area contributed by atoms with E-state index in [-0.39, 0.29) is 11.8 Å². The van der Waals surface area contributed by atoms with Crippen LogP contribution >= 0.6 is 0 Å². The molecule has 0 N–H and O–H groups in total. The normalized spacial score (nSPS) is 16.7. The Morgan fingerprint density at radius 1 is 1.73 bits per heavy atom. The highest BCUT2D eigenvalue weighted by atomic mass is 16.2. The maximum absolute atomic E-state index is 11.0. The van der Waals surface area contributed by atoms with Gasteiger partial charge in [0.2, 0.25) is 0 Å². The minimum atomic E-state index is -0.320. The van der Waals surface area contributed by atoms with Crippen molar-refractivity contribution in [2.75, 3.05) is 6.54 Å². The first-order valence-corrected chi connectivity index (χ1v) is 3.40. The summed E-state index contributed by atoms with van der Waals surface area (Å²) in [6.07, 6.45) is 5.06. The van der Waals surface area contributed by atoms with Gasteiger partial charge in [-0.15, -0.1) is 0 Å². The zero-order chi connectivity index (χ0) is 8.27. The van der Waals surface area contributed by atoms with Gasteiger partial charge >= 0.3 is 0 Å². The summed E-state index contributed by atoms with van der Waals surface area (Å²) in [7, 11) is 0. The molecular weight excluding hydrogens is 142 g/mol. The van der Waals surface area contributed by atoms with E-state index >= 15 is 0 Å². The fourth-order valence-electron chi connectivity index (χ4n) is 0.917. The van der Waals surface area contributed by atoms with Crippen molar-refractivity contribution < 1.29 is 9.59 Å². The summed E-state index contributed by atoms with van der Waals surface area (Å²) in [4.78, 5) is 23.1. The minimum Gasteiger partial charge on any atom is -0.275 e. The van der Waals surface area contributed by atoms with E-state index in [0.29, 0.717) is 6.54 Å². The highest BCUT2D eigenvalue weighted by Gasteiger charge is 2.17. The van der Waals surface area contributed by atoms with E-state index in [4.69, 9.17) is 0 Å². The molecule has 1 aliphatic rings. The van der Waals surface area contributed by atoms with E-state index in [1.54, 1.807) is 6.08 Å². The first kappa shape index (κ1) is 7.72. The van der Waals surface area contributed by atoms with E-state index in [0.717, 1.165) is 12.5 Å². The van der Waals surface area contributed by atoms with Gasteiger partial charge in [0.1, 0.15) is 0 Å². The van der Waals surface area contributed by atoms with E-state index in [1.165, 1.54) is 11.0 Å². The lowest BCUT2D eigenvalue weighted by atomic mass is 10.2. The maximum Gasteiger partial charge on any atom is 0.253 e. The second-order valence-corrected chi connectivity index (χ2v) is 2.22. The van der Waals surface area contributed by atoms with Gasteiger partial charge in [0.15, 0.2) is 0 Å².